The van der Waals surface area contributed by atoms with Gasteiger partial charge in [-0.15, -0.1) is 0 Å². The summed E-state index contributed by atoms with van der Waals surface area (Å²) in [6, 6.07) is 4.24. The van der Waals surface area contributed by atoms with Crippen LogP contribution in [0.2, 0.25) is 0 Å². The summed E-state index contributed by atoms with van der Waals surface area (Å²) >= 11 is 0. The van der Waals surface area contributed by atoms with Gasteiger partial charge in [-0.1, -0.05) is 6.07 Å². The molecule has 0 N–H and O–H groups in total. The van der Waals surface area contributed by atoms with Gasteiger partial charge in [-0.25, -0.2) is 0 Å². The minimum absolute atomic E-state index is 1.09. The van der Waals surface area contributed by atoms with E-state index in [1.165, 1.54) is 12.0 Å². The van der Waals surface area contributed by atoms with E-state index in [9.17, 15) is 0 Å². The smallest absolute Gasteiger partial charge is 0.0372 e. The molecule has 0 spiro atoms. The number of aryl methyl sites for hydroxylation is 2. The van der Waals surface area contributed by atoms with Crippen molar-refractivity contribution in [2.24, 2.45) is 0 Å². The van der Waals surface area contributed by atoms with Crippen molar-refractivity contribution in [1.82, 2.24) is 9.88 Å². The second-order valence-electron chi connectivity index (χ2n) is 3.71. The Balaban J connectivity index is 2.33. The lowest BCUT2D eigenvalue weighted by Gasteiger charge is -2.08. The summed E-state index contributed by atoms with van der Waals surface area (Å²) in [6.45, 7) is 3.16. The lowest BCUT2D eigenvalue weighted by atomic mass is 10.1. The first kappa shape index (κ1) is 10.2. The second kappa shape index (κ2) is 4.97. The molecule has 0 unspecified atom stereocenters. The summed E-state index contributed by atoms with van der Waals surface area (Å²) in [5.41, 5.74) is 2.43. The zero-order valence-corrected chi connectivity index (χ0v) is 8.75. The van der Waals surface area contributed by atoms with Crippen molar-refractivity contribution in [3.8, 4) is 0 Å². The number of hydrogen-bond donors (Lipinski definition) is 0. The zero-order valence-electron chi connectivity index (χ0n) is 8.75. The van der Waals surface area contributed by atoms with Crippen molar-refractivity contribution in [2.75, 3.05) is 20.6 Å². The van der Waals surface area contributed by atoms with E-state index >= 15 is 0 Å². The molecule has 2 nitrogen and oxygen atoms in total. The van der Waals surface area contributed by atoms with Gasteiger partial charge in [0.15, 0.2) is 0 Å². The van der Waals surface area contributed by atoms with Gasteiger partial charge in [0.2, 0.25) is 0 Å². The van der Waals surface area contributed by atoms with Crippen LogP contribution in [0.4, 0.5) is 0 Å². The largest absolute Gasteiger partial charge is 0.309 e. The summed E-state index contributed by atoms with van der Waals surface area (Å²) in [6.07, 6.45) is 4.31. The van der Waals surface area contributed by atoms with Gasteiger partial charge in [-0.05, 0) is 52.0 Å². The number of pyridine rings is 1. The average Bonchev–Trinajstić information content (AvgIpc) is 2.08. The molecular weight excluding hydrogens is 160 g/mol. The maximum absolute atomic E-state index is 4.26. The van der Waals surface area contributed by atoms with Crippen LogP contribution in [0.25, 0.3) is 0 Å². The van der Waals surface area contributed by atoms with Crippen LogP contribution in [-0.4, -0.2) is 30.5 Å². The summed E-state index contributed by atoms with van der Waals surface area (Å²) in [7, 11) is 4.21. The van der Waals surface area contributed by atoms with Gasteiger partial charge in [0.05, 0.1) is 0 Å². The highest BCUT2D eigenvalue weighted by Crippen LogP contribution is 2.02. The predicted octanol–water partition coefficient (Wildman–Crippen LogP) is 1.88. The SMILES string of the molecule is Cc1ccc(CCCN(C)C)cn1. The van der Waals surface area contributed by atoms with Crippen LogP contribution in [0, 0.1) is 6.92 Å². The molecule has 0 aliphatic rings. The first-order chi connectivity index (χ1) is 6.18. The molecule has 0 aliphatic heterocycles. The molecular formula is C11H18N2. The van der Waals surface area contributed by atoms with Crippen LogP contribution in [0.3, 0.4) is 0 Å². The van der Waals surface area contributed by atoms with E-state index in [2.05, 4.69) is 36.1 Å². The maximum atomic E-state index is 4.26. The highest BCUT2D eigenvalue weighted by atomic mass is 15.0. The summed E-state index contributed by atoms with van der Waals surface area (Å²) in [4.78, 5) is 6.47. The Kier molecular flexibility index (Phi) is 3.90. The minimum atomic E-state index is 1.09. The van der Waals surface area contributed by atoms with Gasteiger partial charge in [-0.2, -0.15) is 0 Å². The van der Waals surface area contributed by atoms with Gasteiger partial charge < -0.3 is 4.90 Å². The Morgan fingerprint density at radius 2 is 2.08 bits per heavy atom. The standard InChI is InChI=1S/C11H18N2/c1-10-6-7-11(9-12-10)5-4-8-13(2)3/h6-7,9H,4-5,8H2,1-3H3. The van der Waals surface area contributed by atoms with Crippen molar-refractivity contribution in [1.29, 1.82) is 0 Å². The first-order valence-electron chi connectivity index (χ1n) is 4.75. The molecule has 1 heterocycles. The van der Waals surface area contributed by atoms with Crippen molar-refractivity contribution in [2.45, 2.75) is 19.8 Å². The van der Waals surface area contributed by atoms with Gasteiger partial charge in [0.25, 0.3) is 0 Å². The number of hydrogen-bond acceptors (Lipinski definition) is 2. The lowest BCUT2D eigenvalue weighted by molar-refractivity contribution is 0.400. The molecule has 0 atom stereocenters. The maximum Gasteiger partial charge on any atom is 0.0372 e. The normalized spacial score (nSPS) is 10.8. The molecule has 72 valence electrons. The number of rotatable bonds is 4. The Morgan fingerprint density at radius 1 is 1.31 bits per heavy atom. The van der Waals surface area contributed by atoms with Crippen LogP contribution in [0.1, 0.15) is 17.7 Å². The molecule has 1 aromatic heterocycles. The van der Waals surface area contributed by atoms with E-state index in [-0.39, 0.29) is 0 Å². The monoisotopic (exact) mass is 178 g/mol. The molecule has 1 rings (SSSR count). The van der Waals surface area contributed by atoms with Crippen molar-refractivity contribution in [3.63, 3.8) is 0 Å². The third-order valence-corrected chi connectivity index (χ3v) is 2.04. The predicted molar refractivity (Wildman–Crippen MR) is 55.8 cm³/mol. The fourth-order valence-electron chi connectivity index (χ4n) is 1.25. The van der Waals surface area contributed by atoms with Crippen LogP contribution in [-0.2, 0) is 6.42 Å². The molecule has 0 saturated heterocycles. The van der Waals surface area contributed by atoms with Crippen molar-refractivity contribution >= 4 is 0 Å². The Hall–Kier alpha value is -0.890. The second-order valence-corrected chi connectivity index (χ2v) is 3.71. The highest BCUT2D eigenvalue weighted by Gasteiger charge is 1.94. The molecule has 0 bridgehead atoms. The number of nitrogens with zero attached hydrogens (tertiary/aromatic N) is 2. The zero-order chi connectivity index (χ0) is 9.68. The fraction of sp³-hybridized carbons (Fsp3) is 0.545. The molecule has 0 amide bonds. The van der Waals surface area contributed by atoms with E-state index in [1.54, 1.807) is 0 Å². The van der Waals surface area contributed by atoms with Crippen molar-refractivity contribution in [3.05, 3.63) is 29.6 Å². The molecule has 0 radical (unpaired) electrons. The Bertz CT molecular complexity index is 239. The Morgan fingerprint density at radius 3 is 2.62 bits per heavy atom. The summed E-state index contributed by atoms with van der Waals surface area (Å²) in [5, 5.41) is 0. The first-order valence-corrected chi connectivity index (χ1v) is 4.75. The molecule has 0 aromatic carbocycles. The van der Waals surface area contributed by atoms with Crippen LogP contribution < -0.4 is 0 Å². The number of aromatic nitrogens is 1. The minimum Gasteiger partial charge on any atom is -0.309 e. The Labute approximate surface area is 80.6 Å². The van der Waals surface area contributed by atoms with Gasteiger partial charge >= 0.3 is 0 Å². The van der Waals surface area contributed by atoms with Gasteiger partial charge in [-0.3, -0.25) is 4.98 Å². The topological polar surface area (TPSA) is 16.1 Å². The quantitative estimate of drug-likeness (QED) is 0.700. The molecule has 0 fully saturated rings. The molecule has 0 aliphatic carbocycles. The highest BCUT2D eigenvalue weighted by molar-refractivity contribution is 5.13. The summed E-state index contributed by atoms with van der Waals surface area (Å²) < 4.78 is 0. The van der Waals surface area contributed by atoms with Crippen LogP contribution in [0.15, 0.2) is 18.3 Å². The molecule has 13 heavy (non-hydrogen) atoms. The third-order valence-electron chi connectivity index (χ3n) is 2.04. The van der Waals surface area contributed by atoms with E-state index in [4.69, 9.17) is 0 Å². The molecule has 1 aromatic rings. The molecule has 0 saturated carbocycles. The van der Waals surface area contributed by atoms with E-state index in [1.807, 2.05) is 13.1 Å². The van der Waals surface area contributed by atoms with Gasteiger partial charge in [0, 0.05) is 11.9 Å². The van der Waals surface area contributed by atoms with Gasteiger partial charge in [0.1, 0.15) is 0 Å². The van der Waals surface area contributed by atoms with Crippen molar-refractivity contribution < 1.29 is 0 Å². The van der Waals surface area contributed by atoms with E-state index in [0.717, 1.165) is 18.7 Å². The molecule has 2 heteroatoms. The van der Waals surface area contributed by atoms with Crippen LogP contribution >= 0.6 is 0 Å². The lowest BCUT2D eigenvalue weighted by Crippen LogP contribution is -2.13. The van der Waals surface area contributed by atoms with E-state index in [0.29, 0.717) is 0 Å². The fourth-order valence-corrected chi connectivity index (χ4v) is 1.25. The third kappa shape index (κ3) is 4.04. The average molecular weight is 178 g/mol. The van der Waals surface area contributed by atoms with E-state index < -0.39 is 0 Å². The summed E-state index contributed by atoms with van der Waals surface area (Å²) in [5.74, 6) is 0. The van der Waals surface area contributed by atoms with Crippen LogP contribution in [0.5, 0.6) is 0 Å².